The molecule has 2 aromatic carbocycles. The van der Waals surface area contributed by atoms with Gasteiger partial charge in [-0.3, -0.25) is 0 Å². The van der Waals surface area contributed by atoms with Gasteiger partial charge in [-0.1, -0.05) is 43.3 Å². The highest BCUT2D eigenvalue weighted by atomic mass is 79.9. The third-order valence-corrected chi connectivity index (χ3v) is 4.06. The average molecular weight is 345 g/mol. The summed E-state index contributed by atoms with van der Waals surface area (Å²) < 4.78 is 2.32. The Morgan fingerprint density at radius 1 is 1.05 bits per heavy atom. The van der Waals surface area contributed by atoms with Crippen LogP contribution in [0.2, 0.25) is 0 Å². The van der Waals surface area contributed by atoms with Gasteiger partial charge in [-0.2, -0.15) is 0 Å². The Morgan fingerprint density at radius 3 is 2.52 bits per heavy atom. The van der Waals surface area contributed by atoms with Crippen LogP contribution in [0.15, 0.2) is 54.9 Å². The molecule has 1 heterocycles. The van der Waals surface area contributed by atoms with Crippen molar-refractivity contribution in [3.63, 3.8) is 0 Å². The highest BCUT2D eigenvalue weighted by Crippen LogP contribution is 2.24. The van der Waals surface area contributed by atoms with Gasteiger partial charge in [0.05, 0.1) is 17.4 Å². The first-order chi connectivity index (χ1) is 9.79. The fourth-order valence-corrected chi connectivity index (χ4v) is 2.80. The lowest BCUT2D eigenvalue weighted by molar-refractivity contribution is 0.494. The first-order valence-corrected chi connectivity index (χ1v) is 7.25. The molecule has 110 valence electrons. The minimum Gasteiger partial charge on any atom is -0.327 e. The van der Waals surface area contributed by atoms with Gasteiger partial charge in [0.25, 0.3) is 0 Å². The maximum Gasteiger partial charge on any atom is 0.0961 e. The summed E-state index contributed by atoms with van der Waals surface area (Å²) in [5, 5.41) is 0. The summed E-state index contributed by atoms with van der Waals surface area (Å²) >= 11 is 0. The third kappa shape index (κ3) is 3.18. The number of rotatable bonds is 4. The van der Waals surface area contributed by atoms with Gasteiger partial charge >= 0.3 is 0 Å². The number of para-hydroxylation sites is 2. The summed E-state index contributed by atoms with van der Waals surface area (Å²) in [6.45, 7) is 4.44. The largest absolute Gasteiger partial charge is 0.327 e. The van der Waals surface area contributed by atoms with E-state index in [0.717, 1.165) is 18.4 Å². The van der Waals surface area contributed by atoms with Crippen LogP contribution in [0.5, 0.6) is 0 Å². The van der Waals surface area contributed by atoms with E-state index in [9.17, 15) is 0 Å². The lowest BCUT2D eigenvalue weighted by Gasteiger charge is -2.19. The molecule has 0 saturated heterocycles. The molecule has 0 fully saturated rings. The molecule has 21 heavy (non-hydrogen) atoms. The number of hydrogen-bond acceptors (Lipinski definition) is 1. The second-order valence-electron chi connectivity index (χ2n) is 5.33. The van der Waals surface area contributed by atoms with E-state index in [1.165, 1.54) is 16.6 Å². The van der Waals surface area contributed by atoms with Crippen molar-refractivity contribution in [2.45, 2.75) is 32.7 Å². The summed E-state index contributed by atoms with van der Waals surface area (Å²) in [7, 11) is 0. The molecule has 0 bridgehead atoms. The predicted molar refractivity (Wildman–Crippen MR) is 94.3 cm³/mol. The standard InChI is InChI=1S/C18H20N2.BrH/c1-3-16(12-15-9-5-4-8-14(15)2)20-13-19-17-10-6-7-11-18(17)20;/h4-11,13,16H,3,12H2,1-2H3;1H. The van der Waals surface area contributed by atoms with Crippen molar-refractivity contribution in [2.75, 3.05) is 0 Å². The van der Waals surface area contributed by atoms with Crippen LogP contribution in [0.25, 0.3) is 11.0 Å². The lowest BCUT2D eigenvalue weighted by atomic mass is 9.99. The molecule has 0 N–H and O–H groups in total. The van der Waals surface area contributed by atoms with Crippen LogP contribution in [0, 0.1) is 6.92 Å². The van der Waals surface area contributed by atoms with Crippen LogP contribution in [-0.4, -0.2) is 9.55 Å². The molecule has 0 aliphatic heterocycles. The number of imidazole rings is 1. The zero-order valence-electron chi connectivity index (χ0n) is 12.5. The molecular formula is C18H21BrN2. The van der Waals surface area contributed by atoms with Crippen molar-refractivity contribution in [3.05, 3.63) is 66.0 Å². The molecule has 1 atom stereocenters. The van der Waals surface area contributed by atoms with Crippen LogP contribution in [-0.2, 0) is 6.42 Å². The zero-order valence-corrected chi connectivity index (χ0v) is 14.2. The van der Waals surface area contributed by atoms with Gasteiger partial charge in [0.1, 0.15) is 0 Å². The first kappa shape index (κ1) is 15.8. The van der Waals surface area contributed by atoms with Crippen molar-refractivity contribution in [2.24, 2.45) is 0 Å². The Labute approximate surface area is 136 Å². The molecule has 1 aromatic heterocycles. The van der Waals surface area contributed by atoms with Gasteiger partial charge in [-0.25, -0.2) is 4.98 Å². The van der Waals surface area contributed by atoms with Crippen LogP contribution >= 0.6 is 17.0 Å². The number of aromatic nitrogens is 2. The van der Waals surface area contributed by atoms with E-state index in [1.54, 1.807) is 0 Å². The first-order valence-electron chi connectivity index (χ1n) is 7.25. The van der Waals surface area contributed by atoms with Crippen molar-refractivity contribution < 1.29 is 0 Å². The molecule has 0 radical (unpaired) electrons. The number of benzene rings is 2. The Bertz CT molecular complexity index is 718. The number of aryl methyl sites for hydroxylation is 1. The van der Waals surface area contributed by atoms with E-state index in [-0.39, 0.29) is 17.0 Å². The van der Waals surface area contributed by atoms with Gasteiger partial charge < -0.3 is 4.57 Å². The quantitative estimate of drug-likeness (QED) is 0.642. The van der Waals surface area contributed by atoms with Crippen LogP contribution in [0.1, 0.15) is 30.5 Å². The van der Waals surface area contributed by atoms with Gasteiger partial charge in [0.15, 0.2) is 0 Å². The molecule has 0 aliphatic rings. The SMILES string of the molecule is Br.CCC(Cc1ccccc1C)n1cnc2ccccc21. The fraction of sp³-hybridized carbons (Fsp3) is 0.278. The number of nitrogens with zero attached hydrogens (tertiary/aromatic N) is 2. The van der Waals surface area contributed by atoms with Gasteiger partial charge in [0.2, 0.25) is 0 Å². The second kappa shape index (κ2) is 6.90. The molecule has 1 unspecified atom stereocenters. The molecule has 2 nitrogen and oxygen atoms in total. The number of halogens is 1. The highest BCUT2D eigenvalue weighted by Gasteiger charge is 2.13. The van der Waals surface area contributed by atoms with Crippen molar-refractivity contribution in [1.82, 2.24) is 9.55 Å². The summed E-state index contributed by atoms with van der Waals surface area (Å²) in [4.78, 5) is 4.51. The van der Waals surface area contributed by atoms with Crippen molar-refractivity contribution in [3.8, 4) is 0 Å². The van der Waals surface area contributed by atoms with Gasteiger partial charge in [0, 0.05) is 6.04 Å². The van der Waals surface area contributed by atoms with E-state index in [0.29, 0.717) is 6.04 Å². The predicted octanol–water partition coefficient (Wildman–Crippen LogP) is 5.12. The van der Waals surface area contributed by atoms with Crippen molar-refractivity contribution >= 4 is 28.0 Å². The molecule has 3 rings (SSSR count). The Kier molecular flexibility index (Phi) is 5.18. The smallest absolute Gasteiger partial charge is 0.0961 e. The Morgan fingerprint density at radius 2 is 1.76 bits per heavy atom. The number of fused-ring (bicyclic) bond motifs is 1. The summed E-state index contributed by atoms with van der Waals surface area (Å²) in [6, 6.07) is 17.5. The Balaban J connectivity index is 0.00000161. The van der Waals surface area contributed by atoms with Gasteiger partial charge in [-0.15, -0.1) is 17.0 Å². The Hall–Kier alpha value is -1.61. The monoisotopic (exact) mass is 344 g/mol. The topological polar surface area (TPSA) is 17.8 Å². The van der Waals surface area contributed by atoms with Crippen LogP contribution < -0.4 is 0 Å². The fourth-order valence-electron chi connectivity index (χ4n) is 2.80. The van der Waals surface area contributed by atoms with E-state index in [4.69, 9.17) is 0 Å². The van der Waals surface area contributed by atoms with E-state index in [1.807, 2.05) is 12.4 Å². The highest BCUT2D eigenvalue weighted by molar-refractivity contribution is 8.93. The second-order valence-corrected chi connectivity index (χ2v) is 5.33. The summed E-state index contributed by atoms with van der Waals surface area (Å²) in [5.41, 5.74) is 5.11. The molecule has 3 aromatic rings. The van der Waals surface area contributed by atoms with E-state index < -0.39 is 0 Å². The van der Waals surface area contributed by atoms with E-state index in [2.05, 4.69) is 65.9 Å². The molecule has 0 saturated carbocycles. The zero-order chi connectivity index (χ0) is 13.9. The minimum atomic E-state index is 0. The third-order valence-electron chi connectivity index (χ3n) is 4.06. The lowest BCUT2D eigenvalue weighted by Crippen LogP contribution is -2.10. The molecule has 0 spiro atoms. The van der Waals surface area contributed by atoms with Crippen LogP contribution in [0.3, 0.4) is 0 Å². The molecule has 3 heteroatoms. The summed E-state index contributed by atoms with van der Waals surface area (Å²) in [5.74, 6) is 0. The van der Waals surface area contributed by atoms with E-state index >= 15 is 0 Å². The maximum atomic E-state index is 4.51. The molecule has 0 aliphatic carbocycles. The number of hydrogen-bond donors (Lipinski definition) is 0. The van der Waals surface area contributed by atoms with Crippen LogP contribution in [0.4, 0.5) is 0 Å². The minimum absolute atomic E-state index is 0. The summed E-state index contributed by atoms with van der Waals surface area (Å²) in [6.07, 6.45) is 4.15. The molecular weight excluding hydrogens is 324 g/mol. The van der Waals surface area contributed by atoms with Gasteiger partial charge in [-0.05, 0) is 43.0 Å². The maximum absolute atomic E-state index is 4.51. The average Bonchev–Trinajstić information content (AvgIpc) is 2.90. The van der Waals surface area contributed by atoms with Crippen molar-refractivity contribution in [1.29, 1.82) is 0 Å². The normalized spacial score (nSPS) is 12.1. The molecule has 0 amide bonds.